The van der Waals surface area contributed by atoms with Gasteiger partial charge in [-0.25, -0.2) is 0 Å². The Balaban J connectivity index is 2.07. The van der Waals surface area contributed by atoms with E-state index in [0.717, 1.165) is 34.7 Å². The van der Waals surface area contributed by atoms with Crippen LogP contribution in [-0.2, 0) is 9.32 Å². The van der Waals surface area contributed by atoms with Crippen molar-refractivity contribution in [3.05, 3.63) is 91.0 Å². The van der Waals surface area contributed by atoms with Crippen LogP contribution in [0.3, 0.4) is 0 Å². The minimum atomic E-state index is -2.76. The van der Waals surface area contributed by atoms with Gasteiger partial charge < -0.3 is 9.32 Å². The van der Waals surface area contributed by atoms with E-state index in [1.54, 1.807) is 6.21 Å². The van der Waals surface area contributed by atoms with Gasteiger partial charge in [-0.15, -0.1) is 5.16 Å². The van der Waals surface area contributed by atoms with Crippen LogP contribution in [0.4, 0.5) is 0 Å². The first-order valence-corrected chi connectivity index (χ1v) is 11.1. The summed E-state index contributed by atoms with van der Waals surface area (Å²) in [4.78, 5) is 10.5. The molecule has 0 radical (unpaired) electrons. The van der Waals surface area contributed by atoms with E-state index in [2.05, 4.69) is 41.6 Å². The number of benzene rings is 3. The lowest BCUT2D eigenvalue weighted by atomic mass is 10.3. The molecule has 4 heteroatoms. The Kier molecular flexibility index (Phi) is 6.71. The molecular formula is C23H23NO2Si. The van der Waals surface area contributed by atoms with Crippen LogP contribution in [0.2, 0.25) is 0 Å². The van der Waals surface area contributed by atoms with Crippen LogP contribution in [0.25, 0.3) is 0 Å². The molecule has 0 atom stereocenters. The maximum Gasteiger partial charge on any atom is 0.380 e. The predicted octanol–water partition coefficient (Wildman–Crippen LogP) is 3.03. The zero-order valence-corrected chi connectivity index (χ0v) is 16.2. The summed E-state index contributed by atoms with van der Waals surface area (Å²) >= 11 is 0. The summed E-state index contributed by atoms with van der Waals surface area (Å²) in [5.74, 6) is 0. The summed E-state index contributed by atoms with van der Waals surface area (Å²) in [6, 6.07) is 31.0. The van der Waals surface area contributed by atoms with Gasteiger partial charge in [0.2, 0.25) is 0 Å². The second-order valence-electron chi connectivity index (χ2n) is 6.26. The molecule has 3 aromatic carbocycles. The van der Waals surface area contributed by atoms with E-state index < -0.39 is 8.32 Å². The van der Waals surface area contributed by atoms with Crippen LogP contribution in [-0.4, -0.2) is 20.8 Å². The first kappa shape index (κ1) is 18.8. The van der Waals surface area contributed by atoms with Gasteiger partial charge in [-0.3, -0.25) is 0 Å². The number of carbonyl (C=O) groups is 1. The fourth-order valence-corrected chi connectivity index (χ4v) is 6.67. The third-order valence-corrected chi connectivity index (χ3v) is 8.28. The number of aldehydes is 1. The molecule has 0 aromatic heterocycles. The molecule has 0 heterocycles. The Morgan fingerprint density at radius 1 is 0.704 bits per heavy atom. The predicted molar refractivity (Wildman–Crippen MR) is 113 cm³/mol. The molecule has 0 saturated carbocycles. The summed E-state index contributed by atoms with van der Waals surface area (Å²) in [7, 11) is -2.76. The van der Waals surface area contributed by atoms with Gasteiger partial charge in [-0.05, 0) is 28.4 Å². The van der Waals surface area contributed by atoms with Crippen LogP contribution in [0.5, 0.6) is 0 Å². The molecule has 0 spiro atoms. The van der Waals surface area contributed by atoms with Crippen LogP contribution >= 0.6 is 0 Å². The van der Waals surface area contributed by atoms with Gasteiger partial charge in [0.15, 0.2) is 0 Å². The fraction of sp³-hybridized carbons (Fsp3) is 0.130. The van der Waals surface area contributed by atoms with Crippen molar-refractivity contribution in [1.29, 1.82) is 0 Å². The topological polar surface area (TPSA) is 38.7 Å². The maximum atomic E-state index is 10.5. The lowest BCUT2D eigenvalue weighted by molar-refractivity contribution is -0.107. The van der Waals surface area contributed by atoms with E-state index in [0.29, 0.717) is 6.42 Å². The maximum absolute atomic E-state index is 10.5. The Morgan fingerprint density at radius 3 is 1.56 bits per heavy atom. The second-order valence-corrected chi connectivity index (χ2v) is 9.53. The molecule has 0 bridgehead atoms. The molecule has 0 fully saturated rings. The van der Waals surface area contributed by atoms with Crippen molar-refractivity contribution >= 4 is 36.4 Å². The second kappa shape index (κ2) is 9.64. The lowest BCUT2D eigenvalue weighted by Crippen LogP contribution is -2.68. The lowest BCUT2D eigenvalue weighted by Gasteiger charge is -2.30. The molecule has 0 N–H and O–H groups in total. The van der Waals surface area contributed by atoms with Crippen molar-refractivity contribution in [2.75, 3.05) is 0 Å². The highest BCUT2D eigenvalue weighted by Crippen LogP contribution is 2.10. The van der Waals surface area contributed by atoms with Gasteiger partial charge in [0.05, 0.1) is 0 Å². The summed E-state index contributed by atoms with van der Waals surface area (Å²) in [6.45, 7) is 0. The summed E-state index contributed by atoms with van der Waals surface area (Å²) in [5.41, 5.74) is 0. The van der Waals surface area contributed by atoms with Crippen LogP contribution < -0.4 is 15.6 Å². The van der Waals surface area contributed by atoms with Crippen molar-refractivity contribution in [3.63, 3.8) is 0 Å². The largest absolute Gasteiger partial charge is 0.438 e. The van der Waals surface area contributed by atoms with Crippen LogP contribution in [0.1, 0.15) is 19.3 Å². The molecule has 0 aliphatic rings. The molecule has 3 rings (SSSR count). The number of nitrogens with zero attached hydrogens (tertiary/aromatic N) is 1. The first-order valence-electron chi connectivity index (χ1n) is 9.18. The van der Waals surface area contributed by atoms with E-state index in [9.17, 15) is 4.79 Å². The summed E-state index contributed by atoms with van der Waals surface area (Å²) < 4.78 is 6.39. The fourth-order valence-electron chi connectivity index (χ4n) is 3.14. The molecule has 0 aliphatic carbocycles. The third-order valence-electron chi connectivity index (χ3n) is 4.46. The Hall–Kier alpha value is -2.98. The molecular weight excluding hydrogens is 350 g/mol. The normalized spacial score (nSPS) is 11.4. The van der Waals surface area contributed by atoms with Crippen molar-refractivity contribution in [2.24, 2.45) is 5.16 Å². The minimum absolute atomic E-state index is 0.546. The molecule has 0 unspecified atom stereocenters. The number of carbonyl (C=O) groups excluding carboxylic acids is 1. The van der Waals surface area contributed by atoms with E-state index in [-0.39, 0.29) is 0 Å². The van der Waals surface area contributed by atoms with Gasteiger partial charge in [0, 0.05) is 12.6 Å². The van der Waals surface area contributed by atoms with Crippen molar-refractivity contribution in [3.8, 4) is 0 Å². The number of rotatable bonds is 9. The van der Waals surface area contributed by atoms with Gasteiger partial charge in [-0.2, -0.15) is 0 Å². The first-order chi connectivity index (χ1) is 13.4. The zero-order chi connectivity index (χ0) is 18.8. The SMILES string of the molecule is O=CCCC/C=N/O[Si](c1ccccc1)(c1ccccc1)c1ccccc1. The zero-order valence-electron chi connectivity index (χ0n) is 15.2. The Labute approximate surface area is 161 Å². The monoisotopic (exact) mass is 373 g/mol. The highest BCUT2D eigenvalue weighted by molar-refractivity contribution is 7.07. The van der Waals surface area contributed by atoms with Crippen LogP contribution in [0.15, 0.2) is 96.2 Å². The summed E-state index contributed by atoms with van der Waals surface area (Å²) in [5, 5.41) is 7.80. The molecule has 0 saturated heterocycles. The smallest absolute Gasteiger partial charge is 0.380 e. The molecule has 27 heavy (non-hydrogen) atoms. The van der Waals surface area contributed by atoms with E-state index in [1.807, 2.05) is 54.6 Å². The standard InChI is InChI=1S/C23H23NO2Si/c25-20-12-4-11-19-24-26-27(21-13-5-1-6-14-21,22-15-7-2-8-16-22)23-17-9-3-10-18-23/h1-3,5-10,13-20H,4,11-12H2/b24-19+. The van der Waals surface area contributed by atoms with E-state index >= 15 is 0 Å². The Bertz CT molecular complexity index is 755. The molecule has 136 valence electrons. The van der Waals surface area contributed by atoms with Crippen molar-refractivity contribution < 1.29 is 9.32 Å². The van der Waals surface area contributed by atoms with Gasteiger partial charge >= 0.3 is 8.32 Å². The highest BCUT2D eigenvalue weighted by atomic mass is 28.4. The average Bonchev–Trinajstić information content (AvgIpc) is 2.75. The number of unbranched alkanes of at least 4 members (excludes halogenated alkanes) is 2. The number of oxime groups is 1. The average molecular weight is 374 g/mol. The molecule has 3 nitrogen and oxygen atoms in total. The quantitative estimate of drug-likeness (QED) is 0.144. The Morgan fingerprint density at radius 2 is 1.15 bits per heavy atom. The van der Waals surface area contributed by atoms with Gasteiger partial charge in [-0.1, -0.05) is 91.0 Å². The molecule has 0 aliphatic heterocycles. The number of hydrogen-bond acceptors (Lipinski definition) is 3. The van der Waals surface area contributed by atoms with Gasteiger partial charge in [0.1, 0.15) is 6.29 Å². The third kappa shape index (κ3) is 4.41. The minimum Gasteiger partial charge on any atom is -0.438 e. The van der Waals surface area contributed by atoms with Gasteiger partial charge in [0.25, 0.3) is 0 Å². The highest BCUT2D eigenvalue weighted by Gasteiger charge is 2.44. The van der Waals surface area contributed by atoms with E-state index in [1.165, 1.54) is 0 Å². The van der Waals surface area contributed by atoms with Crippen molar-refractivity contribution in [1.82, 2.24) is 0 Å². The van der Waals surface area contributed by atoms with Crippen LogP contribution in [0, 0.1) is 0 Å². The van der Waals surface area contributed by atoms with E-state index in [4.69, 9.17) is 4.53 Å². The molecule has 0 amide bonds. The molecule has 3 aromatic rings. The number of hydrogen-bond donors (Lipinski definition) is 0. The summed E-state index contributed by atoms with van der Waals surface area (Å²) in [6.07, 6.45) is 4.77. The van der Waals surface area contributed by atoms with Crippen molar-refractivity contribution in [2.45, 2.75) is 19.3 Å².